The van der Waals surface area contributed by atoms with Gasteiger partial charge in [0, 0.05) is 80.0 Å². The van der Waals surface area contributed by atoms with Gasteiger partial charge in [-0.25, -0.2) is 4.98 Å². The van der Waals surface area contributed by atoms with Crippen LogP contribution in [-0.4, -0.2) is 115 Å². The maximum absolute atomic E-state index is 13.7. The topological polar surface area (TPSA) is 169 Å². The molecule has 0 radical (unpaired) electrons. The highest BCUT2D eigenvalue weighted by Crippen LogP contribution is 2.55. The highest BCUT2D eigenvalue weighted by Gasteiger charge is 2.64. The van der Waals surface area contributed by atoms with E-state index in [1.54, 1.807) is 48.4 Å². The summed E-state index contributed by atoms with van der Waals surface area (Å²) in [5.74, 6) is 0.637. The molecule has 2 aromatic carbocycles. The summed E-state index contributed by atoms with van der Waals surface area (Å²) in [7, 11) is 0. The maximum Gasteiger partial charge on any atom is 0.253 e. The molecule has 0 bridgehead atoms. The standard InChI is InChI=1S/C49H64Cl2N8O6/c1-30(2)23-40(44(62)55-32(4)45(63)59-29-31(3)24-39(59)43(61)54-27-33-9-13-36(50)14-10-33)64-22-21-57-17-19-58(20-18-57)41-16-12-35(28-53-41)42(60)56-46-48(5,6)47(49(46,7)8)65-37-15-11-34(26-52)38(51)25-37/h9-16,25,28,30-32,39-40,46-47H,17-24,27,29H2,1-8H3,(H,54,61)(H,55,62)(H,56,60)/t31-,32+,39+,40+,46-,47-/m1/s1. The molecule has 4 atom stereocenters. The molecule has 4 amide bonds. The second-order valence-electron chi connectivity index (χ2n) is 19.4. The van der Waals surface area contributed by atoms with Gasteiger partial charge >= 0.3 is 0 Å². The number of hydrogen-bond acceptors (Lipinski definition) is 10. The van der Waals surface area contributed by atoms with Crippen molar-refractivity contribution in [2.45, 2.75) is 105 Å². The number of benzene rings is 2. The number of hydrogen-bond donors (Lipinski definition) is 3. The Morgan fingerprint density at radius 3 is 2.26 bits per heavy atom. The summed E-state index contributed by atoms with van der Waals surface area (Å²) < 4.78 is 12.6. The van der Waals surface area contributed by atoms with Crippen molar-refractivity contribution in [2.24, 2.45) is 22.7 Å². The number of rotatable bonds is 17. The Morgan fingerprint density at radius 1 is 0.954 bits per heavy atom. The van der Waals surface area contributed by atoms with E-state index in [0.717, 1.165) is 37.6 Å². The van der Waals surface area contributed by atoms with Crippen LogP contribution in [0.1, 0.15) is 89.7 Å². The molecule has 3 fully saturated rings. The number of halogens is 2. The average Bonchev–Trinajstić information content (AvgIpc) is 3.67. The first-order chi connectivity index (χ1) is 30.8. The first-order valence-corrected chi connectivity index (χ1v) is 23.4. The van der Waals surface area contributed by atoms with Crippen LogP contribution in [0.15, 0.2) is 60.8 Å². The number of nitrogens with one attached hydrogen (secondary N) is 3. The third-order valence-corrected chi connectivity index (χ3v) is 13.6. The fourth-order valence-electron chi connectivity index (χ4n) is 9.79. The minimum Gasteiger partial charge on any atom is -0.489 e. The van der Waals surface area contributed by atoms with Crippen LogP contribution in [0, 0.1) is 34.0 Å². The predicted molar refractivity (Wildman–Crippen MR) is 252 cm³/mol. The summed E-state index contributed by atoms with van der Waals surface area (Å²) in [5.41, 5.74) is 0.982. The highest BCUT2D eigenvalue weighted by molar-refractivity contribution is 6.31. The molecule has 14 nitrogen and oxygen atoms in total. The van der Waals surface area contributed by atoms with Crippen molar-refractivity contribution in [1.29, 1.82) is 5.26 Å². The number of nitrogens with zero attached hydrogens (tertiary/aromatic N) is 5. The lowest BCUT2D eigenvalue weighted by Gasteiger charge is -2.63. The number of piperazine rings is 1. The molecule has 1 saturated carbocycles. The van der Waals surface area contributed by atoms with Gasteiger partial charge in [-0.1, -0.05) is 83.8 Å². The molecule has 1 aliphatic carbocycles. The molecular weight excluding hydrogens is 867 g/mol. The molecule has 6 rings (SSSR count). The molecule has 350 valence electrons. The van der Waals surface area contributed by atoms with Crippen LogP contribution >= 0.6 is 23.2 Å². The number of pyridine rings is 1. The number of ether oxygens (including phenoxy) is 2. The summed E-state index contributed by atoms with van der Waals surface area (Å²) in [6.45, 7) is 20.8. The zero-order valence-electron chi connectivity index (χ0n) is 38.8. The van der Waals surface area contributed by atoms with E-state index in [0.29, 0.717) is 66.0 Å². The van der Waals surface area contributed by atoms with E-state index in [9.17, 15) is 24.4 Å². The molecule has 3 aromatic rings. The highest BCUT2D eigenvalue weighted by atomic mass is 35.5. The number of nitriles is 1. The monoisotopic (exact) mass is 930 g/mol. The molecule has 1 aromatic heterocycles. The Morgan fingerprint density at radius 2 is 1.65 bits per heavy atom. The molecule has 2 saturated heterocycles. The van der Waals surface area contributed by atoms with Crippen LogP contribution in [-0.2, 0) is 25.7 Å². The van der Waals surface area contributed by atoms with Crippen molar-refractivity contribution in [1.82, 2.24) is 30.7 Å². The van der Waals surface area contributed by atoms with E-state index < -0.39 is 29.0 Å². The lowest BCUT2D eigenvalue weighted by Crippen LogP contribution is -2.74. The number of aromatic nitrogens is 1. The van der Waals surface area contributed by atoms with Crippen molar-refractivity contribution >= 4 is 52.6 Å². The Kier molecular flexibility index (Phi) is 16.1. The zero-order valence-corrected chi connectivity index (χ0v) is 40.3. The summed E-state index contributed by atoms with van der Waals surface area (Å²) in [6.07, 6.45) is 1.72. The normalized spacial score (nSPS) is 22.3. The Hall–Kier alpha value is -4.94. The molecule has 0 unspecified atom stereocenters. The predicted octanol–water partition coefficient (Wildman–Crippen LogP) is 6.48. The zero-order chi connectivity index (χ0) is 47.2. The van der Waals surface area contributed by atoms with Gasteiger partial charge in [0.2, 0.25) is 17.7 Å². The molecule has 65 heavy (non-hydrogen) atoms. The molecule has 3 heterocycles. The fourth-order valence-corrected chi connectivity index (χ4v) is 10.1. The van der Waals surface area contributed by atoms with E-state index in [-0.39, 0.29) is 47.6 Å². The number of carbonyl (C=O) groups is 4. The van der Waals surface area contributed by atoms with E-state index >= 15 is 0 Å². The smallest absolute Gasteiger partial charge is 0.253 e. The Labute approximate surface area is 393 Å². The second-order valence-corrected chi connectivity index (χ2v) is 20.3. The van der Waals surface area contributed by atoms with E-state index in [4.69, 9.17) is 32.7 Å². The summed E-state index contributed by atoms with van der Waals surface area (Å²) in [6, 6.07) is 16.4. The molecule has 3 N–H and O–H groups in total. The Bertz CT molecular complexity index is 2190. The van der Waals surface area contributed by atoms with E-state index in [1.165, 1.54) is 0 Å². The fraction of sp³-hybridized carbons (Fsp3) is 0.551. The minimum absolute atomic E-state index is 0.140. The average molecular weight is 932 g/mol. The first kappa shape index (κ1) is 49.5. The summed E-state index contributed by atoms with van der Waals surface area (Å²) in [4.78, 5) is 64.8. The maximum atomic E-state index is 13.7. The van der Waals surface area contributed by atoms with Crippen LogP contribution in [0.25, 0.3) is 0 Å². The summed E-state index contributed by atoms with van der Waals surface area (Å²) >= 11 is 12.3. The van der Waals surface area contributed by atoms with Gasteiger partial charge in [0.25, 0.3) is 5.91 Å². The van der Waals surface area contributed by atoms with Gasteiger partial charge < -0.3 is 35.2 Å². The van der Waals surface area contributed by atoms with Crippen LogP contribution < -0.4 is 25.6 Å². The van der Waals surface area contributed by atoms with Crippen molar-refractivity contribution < 1.29 is 28.7 Å². The van der Waals surface area contributed by atoms with Crippen LogP contribution in [0.5, 0.6) is 5.75 Å². The second kappa shape index (κ2) is 21.1. The third-order valence-electron chi connectivity index (χ3n) is 13.0. The molecule has 16 heteroatoms. The van der Waals surface area contributed by atoms with Crippen LogP contribution in [0.3, 0.4) is 0 Å². The van der Waals surface area contributed by atoms with Gasteiger partial charge in [-0.05, 0) is 73.6 Å². The minimum atomic E-state index is -0.833. The van der Waals surface area contributed by atoms with E-state index in [1.807, 2.05) is 45.0 Å². The van der Waals surface area contributed by atoms with Crippen LogP contribution in [0.4, 0.5) is 5.82 Å². The van der Waals surface area contributed by atoms with Crippen molar-refractivity contribution in [3.8, 4) is 11.8 Å². The number of likely N-dealkylation sites (tertiary alicyclic amines) is 1. The molecule has 3 aliphatic rings. The van der Waals surface area contributed by atoms with Crippen molar-refractivity contribution in [3.05, 3.63) is 87.5 Å². The largest absolute Gasteiger partial charge is 0.489 e. The number of anilines is 1. The molecule has 2 aliphatic heterocycles. The quantitative estimate of drug-likeness (QED) is 0.136. The van der Waals surface area contributed by atoms with Gasteiger partial charge in [-0.3, -0.25) is 24.1 Å². The number of carbonyl (C=O) groups excluding carboxylic acids is 4. The van der Waals surface area contributed by atoms with Gasteiger partial charge in [-0.15, -0.1) is 0 Å². The molecule has 0 spiro atoms. The van der Waals surface area contributed by atoms with Gasteiger partial charge in [0.05, 0.1) is 22.8 Å². The lowest BCUT2D eigenvalue weighted by molar-refractivity contribution is -0.164. The SMILES string of the molecule is CC(C)C[C@H](OCCN1CCN(c2ccc(C(=O)N[C@H]3C(C)(C)[C@H](Oc4ccc(C#N)c(Cl)c4)C3(C)C)cn2)CC1)C(=O)N[C@@H](C)C(=O)N1C[C@H](C)C[C@H]1C(=O)NCc1ccc(Cl)cc1. The lowest BCUT2D eigenvalue weighted by atomic mass is 9.49. The van der Waals surface area contributed by atoms with E-state index in [2.05, 4.69) is 64.5 Å². The van der Waals surface area contributed by atoms with Gasteiger partial charge in [-0.2, -0.15) is 5.26 Å². The number of amides is 4. The van der Waals surface area contributed by atoms with Gasteiger partial charge in [0.15, 0.2) is 0 Å². The summed E-state index contributed by atoms with van der Waals surface area (Å²) in [5, 5.41) is 19.3. The molecular formula is C49H64Cl2N8O6. The first-order valence-electron chi connectivity index (χ1n) is 22.6. The third kappa shape index (κ3) is 11.9. The van der Waals surface area contributed by atoms with Gasteiger partial charge in [0.1, 0.15) is 41.9 Å². The van der Waals surface area contributed by atoms with Crippen molar-refractivity contribution in [2.75, 3.05) is 50.8 Å². The van der Waals surface area contributed by atoms with Crippen LogP contribution in [0.2, 0.25) is 10.0 Å². The van der Waals surface area contributed by atoms with Crippen molar-refractivity contribution in [3.63, 3.8) is 0 Å². The Balaban J connectivity index is 0.936.